The van der Waals surface area contributed by atoms with Gasteiger partial charge < -0.3 is 24.8 Å². The maximum atomic E-state index is 12.4. The van der Waals surface area contributed by atoms with E-state index in [-0.39, 0.29) is 6.61 Å². The third-order valence-corrected chi connectivity index (χ3v) is 5.18. The Balaban J connectivity index is 0.000000516. The number of carbonyl (C=O) groups excluding carboxylic acids is 1. The van der Waals surface area contributed by atoms with Crippen LogP contribution >= 0.6 is 12.2 Å². The van der Waals surface area contributed by atoms with E-state index in [2.05, 4.69) is 32.0 Å². The fourth-order valence-electron chi connectivity index (χ4n) is 3.22. The molecule has 0 saturated heterocycles. The molecule has 1 unspecified atom stereocenters. The Morgan fingerprint density at radius 2 is 1.93 bits per heavy atom. The van der Waals surface area contributed by atoms with Crippen molar-refractivity contribution in [3.05, 3.63) is 46.4 Å². The summed E-state index contributed by atoms with van der Waals surface area (Å²) in [5.41, 5.74) is 1.41. The first-order chi connectivity index (χ1) is 14.0. The van der Waals surface area contributed by atoms with Gasteiger partial charge in [-0.1, -0.05) is 25.6 Å². The molecule has 1 aromatic rings. The van der Waals surface area contributed by atoms with Crippen molar-refractivity contribution < 1.29 is 18.8 Å². The van der Waals surface area contributed by atoms with E-state index in [1.165, 1.54) is 25.9 Å². The molecule has 2 rings (SSSR count). The summed E-state index contributed by atoms with van der Waals surface area (Å²) >= 11 is 5.27. The quantitative estimate of drug-likeness (QED) is 0.293. The summed E-state index contributed by atoms with van der Waals surface area (Å²) in [4.78, 5) is 14.4. The number of allylic oxidation sites excluding steroid dienone is 1. The highest BCUT2D eigenvalue weighted by Gasteiger charge is 2.37. The maximum Gasteiger partial charge on any atom is 0.336 e. The van der Waals surface area contributed by atoms with Crippen LogP contribution in [0.2, 0.25) is 0 Å². The van der Waals surface area contributed by atoms with Crippen molar-refractivity contribution in [2.75, 3.05) is 26.2 Å². The molecule has 2 N–H and O–H groups in total. The van der Waals surface area contributed by atoms with Crippen molar-refractivity contribution in [1.82, 2.24) is 5.32 Å². The maximum absolute atomic E-state index is 12.4. The zero-order valence-corrected chi connectivity index (χ0v) is 18.9. The summed E-state index contributed by atoms with van der Waals surface area (Å²) in [6.45, 7) is 14.5. The second-order valence-electron chi connectivity index (χ2n) is 6.60. The SMILES string of the molecule is CCCC1=C(C(=O)OCC)C(c2ccco2)C(=C=[N-])C(=S)N1.CC[NH+](CC)CC. The highest BCUT2D eigenvalue weighted by atomic mass is 32.1. The third kappa shape index (κ3) is 6.67. The fourth-order valence-corrected chi connectivity index (χ4v) is 3.51. The summed E-state index contributed by atoms with van der Waals surface area (Å²) in [5.74, 6) is 1.54. The van der Waals surface area contributed by atoms with Gasteiger partial charge in [0.05, 0.1) is 44.0 Å². The van der Waals surface area contributed by atoms with E-state index < -0.39 is 11.9 Å². The molecule has 1 aliphatic heterocycles. The van der Waals surface area contributed by atoms with E-state index in [1.54, 1.807) is 24.0 Å². The molecule has 0 saturated carbocycles. The van der Waals surface area contributed by atoms with Crippen LogP contribution in [0.1, 0.15) is 59.1 Å². The Bertz CT molecular complexity index is 740. The molecule has 0 aromatic carbocycles. The number of quaternary nitrogens is 1. The molecule has 0 aliphatic carbocycles. The number of furan rings is 1. The van der Waals surface area contributed by atoms with Crippen LogP contribution in [0.4, 0.5) is 0 Å². The monoisotopic (exact) mass is 419 g/mol. The number of hydrogen-bond acceptors (Lipinski definition) is 4. The van der Waals surface area contributed by atoms with Gasteiger partial charge in [-0.25, -0.2) is 4.79 Å². The van der Waals surface area contributed by atoms with Crippen LogP contribution in [0.15, 0.2) is 39.7 Å². The molecular weight excluding hydrogens is 386 g/mol. The summed E-state index contributed by atoms with van der Waals surface area (Å²) in [6.07, 6.45) is 2.99. The molecule has 2 heterocycles. The van der Waals surface area contributed by atoms with Gasteiger partial charge in [-0.05, 0) is 46.2 Å². The minimum atomic E-state index is -0.616. The van der Waals surface area contributed by atoms with E-state index in [0.717, 1.165) is 6.42 Å². The number of esters is 1. The van der Waals surface area contributed by atoms with Crippen LogP contribution in [-0.2, 0) is 9.53 Å². The number of hydrogen-bond donors (Lipinski definition) is 2. The molecule has 1 atom stereocenters. The van der Waals surface area contributed by atoms with Gasteiger partial charge in [0.25, 0.3) is 0 Å². The minimum Gasteiger partial charge on any atom is -0.763 e. The summed E-state index contributed by atoms with van der Waals surface area (Å²) < 4.78 is 10.6. The van der Waals surface area contributed by atoms with Crippen LogP contribution in [0.3, 0.4) is 0 Å². The predicted molar refractivity (Wildman–Crippen MR) is 120 cm³/mol. The van der Waals surface area contributed by atoms with Crippen molar-refractivity contribution >= 4 is 29.0 Å². The molecule has 0 spiro atoms. The van der Waals surface area contributed by atoms with Crippen LogP contribution in [0.5, 0.6) is 0 Å². The van der Waals surface area contributed by atoms with Gasteiger partial charge in [0.15, 0.2) is 0 Å². The van der Waals surface area contributed by atoms with Gasteiger partial charge in [0.2, 0.25) is 0 Å². The summed E-state index contributed by atoms with van der Waals surface area (Å²) in [6, 6.07) is 3.45. The Morgan fingerprint density at radius 3 is 2.34 bits per heavy atom. The molecule has 0 bridgehead atoms. The number of nitrogens with zero attached hydrogens (tertiary/aromatic N) is 1. The lowest BCUT2D eigenvalue weighted by atomic mass is 9.84. The molecule has 0 amide bonds. The molecule has 160 valence electrons. The first kappa shape index (κ1) is 24.8. The molecule has 1 aliphatic rings. The molecule has 0 fully saturated rings. The lowest BCUT2D eigenvalue weighted by Gasteiger charge is -2.30. The lowest BCUT2D eigenvalue weighted by molar-refractivity contribution is -0.894. The van der Waals surface area contributed by atoms with Gasteiger partial charge in [0.1, 0.15) is 10.7 Å². The number of nitrogens with one attached hydrogen (secondary N) is 2. The molecule has 7 heteroatoms. The number of thiocarbonyl (C=S) groups is 1. The van der Waals surface area contributed by atoms with E-state index in [4.69, 9.17) is 21.4 Å². The molecule has 29 heavy (non-hydrogen) atoms. The topological polar surface area (TPSA) is 78.2 Å². The predicted octanol–water partition coefficient (Wildman–Crippen LogP) is 3.01. The van der Waals surface area contributed by atoms with Gasteiger partial charge in [-0.3, -0.25) is 5.87 Å². The molecule has 1 aromatic heterocycles. The second kappa shape index (κ2) is 13.1. The number of ether oxygens (including phenoxy) is 1. The largest absolute Gasteiger partial charge is 0.763 e. The highest BCUT2D eigenvalue weighted by molar-refractivity contribution is 7.80. The van der Waals surface area contributed by atoms with E-state index in [1.807, 2.05) is 6.92 Å². The van der Waals surface area contributed by atoms with Gasteiger partial charge in [-0.15, -0.1) is 0 Å². The average molecular weight is 420 g/mol. The van der Waals surface area contributed by atoms with Crippen LogP contribution in [-0.4, -0.2) is 43.1 Å². The van der Waals surface area contributed by atoms with E-state index in [9.17, 15) is 10.2 Å². The normalized spacial score (nSPS) is 16.1. The first-order valence-corrected chi connectivity index (χ1v) is 10.7. The zero-order chi connectivity index (χ0) is 21.8. The lowest BCUT2D eigenvalue weighted by Crippen LogP contribution is -3.11. The highest BCUT2D eigenvalue weighted by Crippen LogP contribution is 2.37. The van der Waals surface area contributed by atoms with E-state index in [0.29, 0.717) is 34.0 Å². The van der Waals surface area contributed by atoms with Crippen LogP contribution in [0, 0.1) is 0 Å². The standard InChI is InChI=1S/C16H17N2O3S.C6H15N/c1-3-6-11-14(16(19)20-4-2)13(12-7-5-8-21-12)10(9-17)15(22)18-11;1-4-7(5-2)6-3/h5,7-8,13H,3-4,6H2,1-2H3,(H,18,22);4-6H2,1-3H3/q-1;/p+1. The summed E-state index contributed by atoms with van der Waals surface area (Å²) in [7, 11) is 0. The molecule has 6 nitrogen and oxygen atoms in total. The number of rotatable bonds is 8. The van der Waals surface area contributed by atoms with Crippen molar-refractivity contribution in [3.8, 4) is 0 Å². The second-order valence-corrected chi connectivity index (χ2v) is 7.01. The molecular formula is C22H33N3O3S. The Morgan fingerprint density at radius 1 is 1.28 bits per heavy atom. The van der Waals surface area contributed by atoms with E-state index >= 15 is 0 Å². The van der Waals surface area contributed by atoms with Gasteiger partial charge in [0, 0.05) is 11.3 Å². The van der Waals surface area contributed by atoms with Crippen LogP contribution in [0.25, 0.3) is 5.41 Å². The fraction of sp³-hybridized carbons (Fsp3) is 0.545. The van der Waals surface area contributed by atoms with Crippen molar-refractivity contribution in [2.24, 2.45) is 0 Å². The zero-order valence-electron chi connectivity index (χ0n) is 18.1. The van der Waals surface area contributed by atoms with Crippen molar-refractivity contribution in [1.29, 1.82) is 0 Å². The smallest absolute Gasteiger partial charge is 0.336 e. The Hall–Kier alpha value is -2.21. The van der Waals surface area contributed by atoms with Crippen molar-refractivity contribution in [2.45, 2.75) is 53.4 Å². The van der Waals surface area contributed by atoms with Gasteiger partial charge in [-0.2, -0.15) is 0 Å². The third-order valence-electron chi connectivity index (χ3n) is 4.86. The molecule has 0 radical (unpaired) electrons. The van der Waals surface area contributed by atoms with Crippen LogP contribution < -0.4 is 10.2 Å². The Kier molecular flexibility index (Phi) is 11.2. The average Bonchev–Trinajstić information content (AvgIpc) is 3.24. The number of carbonyl (C=O) groups is 1. The first-order valence-electron chi connectivity index (χ1n) is 10.3. The van der Waals surface area contributed by atoms with Gasteiger partial charge >= 0.3 is 5.97 Å². The minimum absolute atomic E-state index is 0.263. The summed E-state index contributed by atoms with van der Waals surface area (Å²) in [5, 5.41) is 12.5. The van der Waals surface area contributed by atoms with Crippen molar-refractivity contribution in [3.63, 3.8) is 0 Å². The Labute approximate surface area is 179 Å².